The van der Waals surface area contributed by atoms with Crippen molar-refractivity contribution in [2.75, 3.05) is 5.32 Å². The largest absolute Gasteiger partial charge is 0.370 e. The number of hydrogen-bond donors (Lipinski definition) is 1. The second kappa shape index (κ2) is 5.60. The molecule has 1 unspecified atom stereocenters. The maximum Gasteiger partial charge on any atom is 0.295 e. The number of anilines is 1. The Kier molecular flexibility index (Phi) is 3.88. The molecule has 0 bridgehead atoms. The molecular weight excluding hydrogens is 268 g/mol. The van der Waals surface area contributed by atoms with Crippen LogP contribution < -0.4 is 5.32 Å². The number of nitrogens with zero attached hydrogens (tertiary/aromatic N) is 2. The summed E-state index contributed by atoms with van der Waals surface area (Å²) in [5.41, 5.74) is -0.220. The smallest absolute Gasteiger partial charge is 0.295 e. The molecule has 1 atom stereocenters. The average molecular weight is 279 g/mol. The first-order valence-corrected chi connectivity index (χ1v) is 5.79. The average Bonchev–Trinajstić information content (AvgIpc) is 2.44. The van der Waals surface area contributed by atoms with E-state index in [-0.39, 0.29) is 0 Å². The lowest BCUT2D eigenvalue weighted by atomic mass is 10.1. The van der Waals surface area contributed by atoms with Gasteiger partial charge in [0.1, 0.15) is 0 Å². The number of nitrogens with one attached hydrogen (secondary N) is 1. The second-order valence-corrected chi connectivity index (χ2v) is 4.16. The minimum absolute atomic E-state index is 0.437. The lowest BCUT2D eigenvalue weighted by molar-refractivity contribution is -0.384. The fraction of sp³-hybridized carbons (Fsp3) is 0.154. The Morgan fingerprint density at radius 1 is 1.25 bits per heavy atom. The first-order valence-electron chi connectivity index (χ1n) is 5.79. The van der Waals surface area contributed by atoms with E-state index in [1.807, 2.05) is 0 Å². The van der Waals surface area contributed by atoms with Crippen LogP contribution >= 0.6 is 0 Å². The Bertz CT molecular complexity index is 635. The highest BCUT2D eigenvalue weighted by molar-refractivity contribution is 5.63. The van der Waals surface area contributed by atoms with E-state index in [0.29, 0.717) is 0 Å². The van der Waals surface area contributed by atoms with Crippen LogP contribution in [-0.2, 0) is 0 Å². The quantitative estimate of drug-likeness (QED) is 0.687. The molecule has 1 N–H and O–H groups in total. The maximum atomic E-state index is 13.7. The third-order valence-electron chi connectivity index (χ3n) is 2.84. The van der Waals surface area contributed by atoms with Crippen molar-refractivity contribution in [2.45, 2.75) is 13.0 Å². The van der Waals surface area contributed by atoms with Gasteiger partial charge in [-0.1, -0.05) is 0 Å². The van der Waals surface area contributed by atoms with Gasteiger partial charge in [0.2, 0.25) is 0 Å². The van der Waals surface area contributed by atoms with Crippen molar-refractivity contribution in [3.05, 3.63) is 64.0 Å². The lowest BCUT2D eigenvalue weighted by Crippen LogP contribution is -2.11. The molecule has 0 saturated carbocycles. The van der Waals surface area contributed by atoms with Crippen molar-refractivity contribution < 1.29 is 13.7 Å². The van der Waals surface area contributed by atoms with E-state index in [1.54, 1.807) is 31.5 Å². The van der Waals surface area contributed by atoms with Crippen LogP contribution in [0.4, 0.5) is 20.2 Å². The summed E-state index contributed by atoms with van der Waals surface area (Å²) >= 11 is 0. The van der Waals surface area contributed by atoms with Crippen molar-refractivity contribution in [2.24, 2.45) is 0 Å². The molecule has 7 heteroatoms. The standard InChI is InChI=1S/C13H11F2N3O2/c1-8(9-4-6-16-7-5-9)17-13-11(18(19)20)3-2-10(14)12(13)15/h2-8,17H,1H3. The van der Waals surface area contributed by atoms with E-state index in [9.17, 15) is 18.9 Å². The van der Waals surface area contributed by atoms with E-state index in [1.165, 1.54) is 0 Å². The van der Waals surface area contributed by atoms with Crippen LogP contribution in [0.1, 0.15) is 18.5 Å². The summed E-state index contributed by atoms with van der Waals surface area (Å²) in [6, 6.07) is 4.59. The number of aromatic nitrogens is 1. The Morgan fingerprint density at radius 2 is 1.90 bits per heavy atom. The van der Waals surface area contributed by atoms with Gasteiger partial charge in [0.05, 0.1) is 4.92 Å². The van der Waals surface area contributed by atoms with Crippen molar-refractivity contribution in [3.63, 3.8) is 0 Å². The molecule has 0 aliphatic rings. The SMILES string of the molecule is CC(Nc1c([N+](=O)[O-])ccc(F)c1F)c1ccncc1. The number of benzene rings is 1. The molecule has 0 spiro atoms. The number of pyridine rings is 1. The topological polar surface area (TPSA) is 68.1 Å². The molecule has 104 valence electrons. The summed E-state index contributed by atoms with van der Waals surface area (Å²) in [5, 5.41) is 13.5. The predicted molar refractivity (Wildman–Crippen MR) is 69.3 cm³/mol. The fourth-order valence-corrected chi connectivity index (χ4v) is 1.78. The Hall–Kier alpha value is -2.57. The van der Waals surface area contributed by atoms with Crippen molar-refractivity contribution in [1.82, 2.24) is 4.98 Å². The molecule has 0 radical (unpaired) electrons. The zero-order valence-electron chi connectivity index (χ0n) is 10.5. The minimum atomic E-state index is -1.26. The highest BCUT2D eigenvalue weighted by Gasteiger charge is 2.23. The Labute approximate surface area is 113 Å². The monoisotopic (exact) mass is 279 g/mol. The molecule has 1 aromatic carbocycles. The Balaban J connectivity index is 2.38. The number of hydrogen-bond acceptors (Lipinski definition) is 4. The van der Waals surface area contributed by atoms with Gasteiger partial charge in [0.15, 0.2) is 17.3 Å². The van der Waals surface area contributed by atoms with Gasteiger partial charge in [0.25, 0.3) is 5.69 Å². The van der Waals surface area contributed by atoms with Crippen molar-refractivity contribution in [3.8, 4) is 0 Å². The molecular formula is C13H11F2N3O2. The lowest BCUT2D eigenvalue weighted by Gasteiger charge is -2.16. The zero-order valence-corrected chi connectivity index (χ0v) is 10.5. The molecule has 1 heterocycles. The van der Waals surface area contributed by atoms with E-state index in [0.717, 1.165) is 17.7 Å². The third kappa shape index (κ3) is 2.71. The number of nitro benzene ring substituents is 1. The Morgan fingerprint density at radius 3 is 2.50 bits per heavy atom. The van der Waals surface area contributed by atoms with Gasteiger partial charge in [0, 0.05) is 24.5 Å². The summed E-state index contributed by atoms with van der Waals surface area (Å²) in [5.74, 6) is -2.40. The van der Waals surface area contributed by atoms with Gasteiger partial charge in [-0.15, -0.1) is 0 Å². The molecule has 0 aliphatic carbocycles. The molecule has 0 saturated heterocycles. The van der Waals surface area contributed by atoms with Crippen LogP contribution in [-0.4, -0.2) is 9.91 Å². The van der Waals surface area contributed by atoms with Crippen molar-refractivity contribution >= 4 is 11.4 Å². The van der Waals surface area contributed by atoms with Crippen LogP contribution in [0, 0.1) is 21.7 Å². The summed E-state index contributed by atoms with van der Waals surface area (Å²) in [7, 11) is 0. The number of halogens is 2. The van der Waals surface area contributed by atoms with Gasteiger partial charge in [-0.05, 0) is 30.7 Å². The zero-order chi connectivity index (χ0) is 14.7. The summed E-state index contributed by atoms with van der Waals surface area (Å²) in [4.78, 5) is 14.0. The van der Waals surface area contributed by atoms with E-state index < -0.39 is 34.0 Å². The third-order valence-corrected chi connectivity index (χ3v) is 2.84. The van der Waals surface area contributed by atoms with Gasteiger partial charge >= 0.3 is 0 Å². The summed E-state index contributed by atoms with van der Waals surface area (Å²) in [6.07, 6.45) is 3.09. The van der Waals surface area contributed by atoms with Crippen LogP contribution in [0.15, 0.2) is 36.7 Å². The van der Waals surface area contributed by atoms with Crippen LogP contribution in [0.2, 0.25) is 0 Å². The second-order valence-electron chi connectivity index (χ2n) is 4.16. The highest BCUT2D eigenvalue weighted by Crippen LogP contribution is 2.32. The summed E-state index contributed by atoms with van der Waals surface area (Å²) < 4.78 is 27.0. The highest BCUT2D eigenvalue weighted by atomic mass is 19.2. The minimum Gasteiger partial charge on any atom is -0.370 e. The molecule has 0 aliphatic heterocycles. The van der Waals surface area contributed by atoms with Crippen molar-refractivity contribution in [1.29, 1.82) is 0 Å². The van der Waals surface area contributed by atoms with E-state index in [2.05, 4.69) is 10.3 Å². The predicted octanol–water partition coefficient (Wildman–Crippen LogP) is 3.44. The summed E-state index contributed by atoms with van der Waals surface area (Å²) in [6.45, 7) is 1.68. The van der Waals surface area contributed by atoms with E-state index in [4.69, 9.17) is 0 Å². The first kappa shape index (κ1) is 13.9. The molecule has 2 aromatic rings. The normalized spacial score (nSPS) is 11.9. The van der Waals surface area contributed by atoms with Crippen LogP contribution in [0.25, 0.3) is 0 Å². The molecule has 2 rings (SSSR count). The maximum absolute atomic E-state index is 13.7. The fourth-order valence-electron chi connectivity index (χ4n) is 1.78. The molecule has 20 heavy (non-hydrogen) atoms. The van der Waals surface area contributed by atoms with Crippen LogP contribution in [0.5, 0.6) is 0 Å². The van der Waals surface area contributed by atoms with Gasteiger partial charge in [-0.25, -0.2) is 8.78 Å². The molecule has 0 amide bonds. The molecule has 0 fully saturated rings. The van der Waals surface area contributed by atoms with E-state index >= 15 is 0 Å². The van der Waals surface area contributed by atoms with Gasteiger partial charge in [-0.3, -0.25) is 15.1 Å². The number of rotatable bonds is 4. The molecule has 1 aromatic heterocycles. The molecule has 5 nitrogen and oxygen atoms in total. The number of nitro groups is 1. The van der Waals surface area contributed by atoms with Crippen LogP contribution in [0.3, 0.4) is 0 Å². The van der Waals surface area contributed by atoms with Gasteiger partial charge < -0.3 is 5.32 Å². The van der Waals surface area contributed by atoms with Gasteiger partial charge in [-0.2, -0.15) is 0 Å². The first-order chi connectivity index (χ1) is 9.50.